The lowest BCUT2D eigenvalue weighted by Gasteiger charge is -2.06. The van der Waals surface area contributed by atoms with Crippen molar-refractivity contribution >= 4 is 12.4 Å². The fourth-order valence-corrected chi connectivity index (χ4v) is 1.69. The Bertz CT molecular complexity index is 523. The van der Waals surface area contributed by atoms with Crippen LogP contribution in [0.15, 0.2) is 42.5 Å². The first-order chi connectivity index (χ1) is 8.08. The van der Waals surface area contributed by atoms with Crippen molar-refractivity contribution in [2.45, 2.75) is 6.82 Å². The minimum Gasteiger partial charge on any atom is -0.446 e. The third-order valence-electron chi connectivity index (χ3n) is 2.63. The Morgan fingerprint density at radius 2 is 1.53 bits per heavy atom. The summed E-state index contributed by atoms with van der Waals surface area (Å²) in [4.78, 5) is 0. The van der Waals surface area contributed by atoms with Gasteiger partial charge < -0.3 is 5.02 Å². The second-order valence-electron chi connectivity index (χ2n) is 3.92. The molecular formula is C13H11BF2O. The van der Waals surface area contributed by atoms with Gasteiger partial charge in [0.15, 0.2) is 0 Å². The van der Waals surface area contributed by atoms with Crippen molar-refractivity contribution in [1.29, 1.82) is 0 Å². The summed E-state index contributed by atoms with van der Waals surface area (Å²) in [6, 6.07) is 10.4. The monoisotopic (exact) mass is 232 g/mol. The summed E-state index contributed by atoms with van der Waals surface area (Å²) in [6.07, 6.45) is 0. The highest BCUT2D eigenvalue weighted by atomic mass is 19.1. The van der Waals surface area contributed by atoms with Gasteiger partial charge in [-0.3, -0.25) is 0 Å². The van der Waals surface area contributed by atoms with Gasteiger partial charge in [0.1, 0.15) is 11.6 Å². The average Bonchev–Trinajstić information content (AvgIpc) is 2.29. The molecule has 1 N–H and O–H groups in total. The molecule has 0 radical (unpaired) electrons. The minimum atomic E-state index is -0.836. The summed E-state index contributed by atoms with van der Waals surface area (Å²) in [6.45, 7) is 0.674. The molecule has 0 aliphatic rings. The van der Waals surface area contributed by atoms with Gasteiger partial charge in [0.2, 0.25) is 0 Å². The largest absolute Gasteiger partial charge is 0.446 e. The Morgan fingerprint density at radius 1 is 0.941 bits per heavy atom. The molecule has 0 aromatic heterocycles. The summed E-state index contributed by atoms with van der Waals surface area (Å²) in [5.41, 5.74) is 1.66. The average molecular weight is 232 g/mol. The van der Waals surface area contributed by atoms with Crippen LogP contribution in [-0.2, 0) is 0 Å². The number of halogens is 2. The van der Waals surface area contributed by atoms with Gasteiger partial charge in [-0.2, -0.15) is 0 Å². The maximum absolute atomic E-state index is 13.6. The second-order valence-corrected chi connectivity index (χ2v) is 3.92. The quantitative estimate of drug-likeness (QED) is 0.788. The number of hydrogen-bond donors (Lipinski definition) is 1. The highest BCUT2D eigenvalue weighted by Gasteiger charge is 2.12. The predicted molar refractivity (Wildman–Crippen MR) is 65.3 cm³/mol. The van der Waals surface area contributed by atoms with Crippen molar-refractivity contribution in [2.24, 2.45) is 0 Å². The van der Waals surface area contributed by atoms with Crippen LogP contribution in [0.4, 0.5) is 8.78 Å². The van der Waals surface area contributed by atoms with Crippen molar-refractivity contribution < 1.29 is 13.8 Å². The molecule has 0 amide bonds. The molecule has 0 saturated heterocycles. The van der Waals surface area contributed by atoms with E-state index in [0.29, 0.717) is 5.56 Å². The van der Waals surface area contributed by atoms with E-state index >= 15 is 0 Å². The van der Waals surface area contributed by atoms with Crippen LogP contribution in [0.25, 0.3) is 11.1 Å². The lowest BCUT2D eigenvalue weighted by molar-refractivity contribution is 0.584. The van der Waals surface area contributed by atoms with Crippen LogP contribution < -0.4 is 5.46 Å². The first kappa shape index (κ1) is 11.8. The number of rotatable bonds is 2. The molecule has 2 aromatic rings. The summed E-state index contributed by atoms with van der Waals surface area (Å²) in [7, 11) is 0. The van der Waals surface area contributed by atoms with Gasteiger partial charge in [-0.15, -0.1) is 0 Å². The molecular weight excluding hydrogens is 221 g/mol. The minimum absolute atomic E-state index is 0.260. The molecule has 0 bridgehead atoms. The van der Waals surface area contributed by atoms with Crippen LogP contribution in [0.3, 0.4) is 0 Å². The van der Waals surface area contributed by atoms with Crippen molar-refractivity contribution in [3.05, 3.63) is 54.1 Å². The van der Waals surface area contributed by atoms with E-state index in [1.54, 1.807) is 24.3 Å². The van der Waals surface area contributed by atoms with Crippen LogP contribution in [0.2, 0.25) is 6.82 Å². The zero-order chi connectivity index (χ0) is 12.4. The van der Waals surface area contributed by atoms with E-state index in [9.17, 15) is 13.8 Å². The maximum Gasteiger partial charge on any atom is 0.323 e. The Hall–Kier alpha value is -1.68. The summed E-state index contributed by atoms with van der Waals surface area (Å²) < 4.78 is 26.4. The molecule has 2 rings (SSSR count). The predicted octanol–water partition coefficient (Wildman–Crippen LogP) is 2.45. The molecule has 0 aliphatic carbocycles. The fourth-order valence-electron chi connectivity index (χ4n) is 1.69. The van der Waals surface area contributed by atoms with E-state index in [1.165, 1.54) is 25.0 Å². The first-order valence-corrected chi connectivity index (χ1v) is 5.31. The van der Waals surface area contributed by atoms with Gasteiger partial charge in [-0.25, -0.2) is 8.78 Å². The molecule has 0 aliphatic heterocycles. The summed E-state index contributed by atoms with van der Waals surface area (Å²) >= 11 is 0. The van der Waals surface area contributed by atoms with Gasteiger partial charge in [0, 0.05) is 0 Å². The molecule has 0 saturated carbocycles. The topological polar surface area (TPSA) is 20.2 Å². The molecule has 0 atom stereocenters. The standard InChI is InChI=1S/C13H11BF2O/c1-14(17)12-7-4-10(8-13(12)16)9-2-5-11(15)6-3-9/h2-8,17H,1H3. The lowest BCUT2D eigenvalue weighted by Crippen LogP contribution is -2.29. The molecule has 4 heteroatoms. The van der Waals surface area contributed by atoms with E-state index in [1.807, 2.05) is 0 Å². The van der Waals surface area contributed by atoms with E-state index in [0.717, 1.165) is 5.56 Å². The van der Waals surface area contributed by atoms with Gasteiger partial charge in [-0.05, 0) is 34.8 Å². The molecule has 17 heavy (non-hydrogen) atoms. The molecule has 1 nitrogen and oxygen atoms in total. The Morgan fingerprint density at radius 3 is 2.06 bits per heavy atom. The van der Waals surface area contributed by atoms with E-state index in [2.05, 4.69) is 0 Å². The van der Waals surface area contributed by atoms with Crippen molar-refractivity contribution in [1.82, 2.24) is 0 Å². The van der Waals surface area contributed by atoms with Gasteiger partial charge in [0.05, 0.1) is 0 Å². The molecule has 86 valence electrons. The van der Waals surface area contributed by atoms with Gasteiger partial charge in [-0.1, -0.05) is 31.1 Å². The maximum atomic E-state index is 13.6. The SMILES string of the molecule is CB(O)c1ccc(-c2ccc(F)cc2)cc1F. The molecule has 0 fully saturated rings. The van der Waals surface area contributed by atoms with E-state index < -0.39 is 12.7 Å². The van der Waals surface area contributed by atoms with Crippen LogP contribution in [0.1, 0.15) is 0 Å². The molecule has 2 aromatic carbocycles. The van der Waals surface area contributed by atoms with Gasteiger partial charge >= 0.3 is 6.92 Å². The zero-order valence-corrected chi connectivity index (χ0v) is 9.32. The molecule has 0 unspecified atom stereocenters. The Kier molecular flexibility index (Phi) is 3.24. The van der Waals surface area contributed by atoms with E-state index in [4.69, 9.17) is 0 Å². The summed E-state index contributed by atoms with van der Waals surface area (Å²) in [5.74, 6) is -0.781. The smallest absolute Gasteiger partial charge is 0.323 e. The van der Waals surface area contributed by atoms with Crippen LogP contribution in [0, 0.1) is 11.6 Å². The molecule has 0 spiro atoms. The number of benzene rings is 2. The Balaban J connectivity index is 2.41. The molecule has 0 heterocycles. The van der Waals surface area contributed by atoms with Crippen LogP contribution in [0.5, 0.6) is 0 Å². The number of hydrogen-bond acceptors (Lipinski definition) is 1. The van der Waals surface area contributed by atoms with Crippen LogP contribution in [-0.4, -0.2) is 11.9 Å². The zero-order valence-electron chi connectivity index (χ0n) is 9.32. The lowest BCUT2D eigenvalue weighted by atomic mass is 9.64. The second kappa shape index (κ2) is 4.68. The van der Waals surface area contributed by atoms with Gasteiger partial charge in [0.25, 0.3) is 0 Å². The summed E-state index contributed by atoms with van der Waals surface area (Å²) in [5, 5.41) is 9.31. The highest BCUT2D eigenvalue weighted by molar-refractivity contribution is 6.64. The van der Waals surface area contributed by atoms with Crippen molar-refractivity contribution in [3.63, 3.8) is 0 Å². The third-order valence-corrected chi connectivity index (χ3v) is 2.63. The third kappa shape index (κ3) is 2.53. The van der Waals surface area contributed by atoms with Crippen LogP contribution >= 0.6 is 0 Å². The van der Waals surface area contributed by atoms with E-state index in [-0.39, 0.29) is 11.3 Å². The first-order valence-electron chi connectivity index (χ1n) is 5.31. The van der Waals surface area contributed by atoms with Crippen molar-refractivity contribution in [3.8, 4) is 11.1 Å². The fraction of sp³-hybridized carbons (Fsp3) is 0.0769. The highest BCUT2D eigenvalue weighted by Crippen LogP contribution is 2.19. The normalized spacial score (nSPS) is 10.4. The van der Waals surface area contributed by atoms with Crippen molar-refractivity contribution in [2.75, 3.05) is 0 Å². The Labute approximate surface area is 98.8 Å².